The maximum absolute atomic E-state index is 5.70. The number of nitrogen functional groups attached to an aromatic ring is 1. The third-order valence-corrected chi connectivity index (χ3v) is 2.70. The average molecular weight is 194 g/mol. The molecule has 0 amide bonds. The summed E-state index contributed by atoms with van der Waals surface area (Å²) in [6.07, 6.45) is 2.66. The van der Waals surface area contributed by atoms with E-state index >= 15 is 0 Å². The first-order valence-corrected chi connectivity index (χ1v) is 4.84. The maximum Gasteiger partial charge on any atom is 0.149 e. The highest BCUT2D eigenvalue weighted by Gasteiger charge is 2.11. The molecular formula is C8H10N4S. The zero-order valence-corrected chi connectivity index (χ0v) is 8.06. The Hall–Kier alpha value is -1.36. The fourth-order valence-electron chi connectivity index (χ4n) is 1.29. The SMILES string of the molecule is CCc1c(N)n[nH]c1-c1ccns1. The van der Waals surface area contributed by atoms with Gasteiger partial charge in [0.25, 0.3) is 0 Å². The summed E-state index contributed by atoms with van der Waals surface area (Å²) in [5.74, 6) is 0.589. The molecule has 0 fully saturated rings. The van der Waals surface area contributed by atoms with Crippen LogP contribution in [0.5, 0.6) is 0 Å². The third kappa shape index (κ3) is 1.31. The predicted molar refractivity (Wildman–Crippen MR) is 53.5 cm³/mol. The minimum atomic E-state index is 0.589. The fourth-order valence-corrected chi connectivity index (χ4v) is 1.90. The lowest BCUT2D eigenvalue weighted by molar-refractivity contribution is 1.11. The van der Waals surface area contributed by atoms with Crippen molar-refractivity contribution >= 4 is 17.4 Å². The first-order valence-electron chi connectivity index (χ1n) is 4.06. The summed E-state index contributed by atoms with van der Waals surface area (Å²) in [6, 6.07) is 1.96. The molecule has 5 heteroatoms. The van der Waals surface area contributed by atoms with Gasteiger partial charge in [-0.2, -0.15) is 5.10 Å². The predicted octanol–water partition coefficient (Wildman–Crippen LogP) is 1.68. The van der Waals surface area contributed by atoms with E-state index in [2.05, 4.69) is 21.5 Å². The van der Waals surface area contributed by atoms with Gasteiger partial charge in [-0.3, -0.25) is 5.10 Å². The van der Waals surface area contributed by atoms with Crippen LogP contribution >= 0.6 is 11.5 Å². The second-order valence-electron chi connectivity index (χ2n) is 2.69. The smallest absolute Gasteiger partial charge is 0.149 e. The molecule has 0 saturated heterocycles. The van der Waals surface area contributed by atoms with Gasteiger partial charge in [-0.1, -0.05) is 6.92 Å². The highest BCUT2D eigenvalue weighted by molar-refractivity contribution is 7.09. The van der Waals surface area contributed by atoms with Crippen LogP contribution in [0.25, 0.3) is 10.6 Å². The average Bonchev–Trinajstić information content (AvgIpc) is 2.71. The van der Waals surface area contributed by atoms with Gasteiger partial charge < -0.3 is 5.73 Å². The van der Waals surface area contributed by atoms with Gasteiger partial charge in [-0.15, -0.1) is 0 Å². The Balaban J connectivity index is 2.52. The second kappa shape index (κ2) is 3.18. The number of nitrogens with one attached hydrogen (secondary N) is 1. The summed E-state index contributed by atoms with van der Waals surface area (Å²) in [7, 11) is 0. The van der Waals surface area contributed by atoms with Crippen molar-refractivity contribution in [2.24, 2.45) is 0 Å². The molecule has 0 radical (unpaired) electrons. The van der Waals surface area contributed by atoms with Crippen molar-refractivity contribution in [3.05, 3.63) is 17.8 Å². The number of hydrogen-bond donors (Lipinski definition) is 2. The van der Waals surface area contributed by atoms with Crippen molar-refractivity contribution in [1.29, 1.82) is 0 Å². The number of nitrogens with zero attached hydrogens (tertiary/aromatic N) is 2. The lowest BCUT2D eigenvalue weighted by Gasteiger charge is -1.95. The van der Waals surface area contributed by atoms with E-state index in [-0.39, 0.29) is 0 Å². The molecule has 0 atom stereocenters. The van der Waals surface area contributed by atoms with Crippen LogP contribution in [0.15, 0.2) is 12.3 Å². The van der Waals surface area contributed by atoms with Gasteiger partial charge in [0, 0.05) is 11.8 Å². The summed E-state index contributed by atoms with van der Waals surface area (Å²) in [5, 5.41) is 6.90. The number of aromatic nitrogens is 3. The standard InChI is InChI=1S/C8H10N4S/c1-2-5-7(11-12-8(5)9)6-3-4-10-13-6/h3-4H,2H2,1H3,(H3,9,11,12). The van der Waals surface area contributed by atoms with Crippen LogP contribution < -0.4 is 5.73 Å². The van der Waals surface area contributed by atoms with Crippen molar-refractivity contribution in [1.82, 2.24) is 14.6 Å². The minimum Gasteiger partial charge on any atom is -0.382 e. The van der Waals surface area contributed by atoms with Gasteiger partial charge in [-0.25, -0.2) is 4.37 Å². The minimum absolute atomic E-state index is 0.589. The summed E-state index contributed by atoms with van der Waals surface area (Å²) in [5.41, 5.74) is 7.78. The Kier molecular flexibility index (Phi) is 2.02. The first-order chi connectivity index (χ1) is 6.33. The molecule has 0 unspecified atom stereocenters. The Morgan fingerprint density at radius 2 is 2.46 bits per heavy atom. The Morgan fingerprint density at radius 3 is 3.08 bits per heavy atom. The summed E-state index contributed by atoms with van der Waals surface area (Å²) < 4.78 is 4.04. The van der Waals surface area contributed by atoms with Gasteiger partial charge in [0.05, 0.1) is 10.6 Å². The largest absolute Gasteiger partial charge is 0.382 e. The molecule has 2 aromatic rings. The molecule has 4 nitrogen and oxygen atoms in total. The van der Waals surface area contributed by atoms with Crippen molar-refractivity contribution in [2.45, 2.75) is 13.3 Å². The lowest BCUT2D eigenvalue weighted by atomic mass is 10.1. The fraction of sp³-hybridized carbons (Fsp3) is 0.250. The van der Waals surface area contributed by atoms with Gasteiger partial charge in [-0.05, 0) is 24.0 Å². The van der Waals surface area contributed by atoms with E-state index in [0.29, 0.717) is 5.82 Å². The van der Waals surface area contributed by atoms with Crippen LogP contribution in [0.4, 0.5) is 5.82 Å². The topological polar surface area (TPSA) is 67.6 Å². The van der Waals surface area contributed by atoms with Gasteiger partial charge in [0.15, 0.2) is 0 Å². The highest BCUT2D eigenvalue weighted by atomic mass is 32.1. The lowest BCUT2D eigenvalue weighted by Crippen LogP contribution is -1.90. The van der Waals surface area contributed by atoms with Crippen molar-refractivity contribution < 1.29 is 0 Å². The number of anilines is 1. The van der Waals surface area contributed by atoms with E-state index in [1.807, 2.05) is 6.07 Å². The number of H-pyrrole nitrogens is 1. The molecule has 2 rings (SSSR count). The maximum atomic E-state index is 5.70. The Labute approximate surface area is 80.0 Å². The van der Waals surface area contributed by atoms with E-state index in [1.54, 1.807) is 6.20 Å². The molecular weight excluding hydrogens is 184 g/mol. The van der Waals surface area contributed by atoms with E-state index < -0.39 is 0 Å². The van der Waals surface area contributed by atoms with Gasteiger partial charge >= 0.3 is 0 Å². The van der Waals surface area contributed by atoms with Crippen LogP contribution in [0.3, 0.4) is 0 Å². The van der Waals surface area contributed by atoms with Crippen LogP contribution in [0.1, 0.15) is 12.5 Å². The van der Waals surface area contributed by atoms with E-state index in [9.17, 15) is 0 Å². The summed E-state index contributed by atoms with van der Waals surface area (Å²) in [6.45, 7) is 2.06. The molecule has 3 N–H and O–H groups in total. The molecule has 0 aliphatic heterocycles. The summed E-state index contributed by atoms with van der Waals surface area (Å²) in [4.78, 5) is 1.08. The van der Waals surface area contributed by atoms with Crippen LogP contribution in [0.2, 0.25) is 0 Å². The van der Waals surface area contributed by atoms with E-state index in [0.717, 1.165) is 22.6 Å². The van der Waals surface area contributed by atoms with Crippen LogP contribution in [-0.2, 0) is 6.42 Å². The Morgan fingerprint density at radius 1 is 1.62 bits per heavy atom. The molecule has 0 aliphatic rings. The van der Waals surface area contributed by atoms with Crippen molar-refractivity contribution in [3.8, 4) is 10.6 Å². The zero-order valence-electron chi connectivity index (χ0n) is 7.24. The quantitative estimate of drug-likeness (QED) is 0.764. The molecule has 0 aromatic carbocycles. The van der Waals surface area contributed by atoms with E-state index in [4.69, 9.17) is 5.73 Å². The zero-order chi connectivity index (χ0) is 9.26. The van der Waals surface area contributed by atoms with E-state index in [1.165, 1.54) is 11.5 Å². The monoisotopic (exact) mass is 194 g/mol. The molecule has 2 heterocycles. The normalized spacial score (nSPS) is 10.5. The molecule has 68 valence electrons. The van der Waals surface area contributed by atoms with Crippen molar-refractivity contribution in [3.63, 3.8) is 0 Å². The van der Waals surface area contributed by atoms with Crippen LogP contribution in [0, 0.1) is 0 Å². The molecule has 0 bridgehead atoms. The number of rotatable bonds is 2. The first kappa shape index (κ1) is 8.25. The number of aromatic amines is 1. The molecule has 0 aliphatic carbocycles. The van der Waals surface area contributed by atoms with Crippen LogP contribution in [-0.4, -0.2) is 14.6 Å². The van der Waals surface area contributed by atoms with Crippen molar-refractivity contribution in [2.75, 3.05) is 5.73 Å². The second-order valence-corrected chi connectivity index (χ2v) is 3.53. The van der Waals surface area contributed by atoms with Gasteiger partial charge in [0.2, 0.25) is 0 Å². The highest BCUT2D eigenvalue weighted by Crippen LogP contribution is 2.27. The number of hydrogen-bond acceptors (Lipinski definition) is 4. The molecule has 13 heavy (non-hydrogen) atoms. The van der Waals surface area contributed by atoms with Gasteiger partial charge in [0.1, 0.15) is 5.82 Å². The number of nitrogens with two attached hydrogens (primary N) is 1. The third-order valence-electron chi connectivity index (χ3n) is 1.94. The molecule has 0 saturated carbocycles. The molecule has 0 spiro atoms. The molecule has 2 aromatic heterocycles. The summed E-state index contributed by atoms with van der Waals surface area (Å²) >= 11 is 1.44. The Bertz CT molecular complexity index is 390.